The van der Waals surface area contributed by atoms with Crippen LogP contribution in [0.4, 0.5) is 0 Å². The normalized spacial score (nSPS) is 28.0. The number of aliphatic hydroxyl groups is 5. The predicted octanol–water partition coefficient (Wildman–Crippen LogP) is -4.46. The molecular formula is C52H85N11O19. The standard InChI is InChI=1S/C52H85N11O19/c1-27(2)15-10-8-6-4-5-7-9-11-16-29-25-35(67)58-36(28(3)65)48(76)62-23-14-19-33(62)47(75)61-22-13-18-32(61)43(71)56-30(17-12-21-55-52(53)54)42(70)59-37(40(68)49(77)78)44(72)57-31(26-64)46(74)63-24-20-34(66)39(63)45(73)60-38(51(81)82-29)41(69)50(79)80/h27-34,36-41,64-66,68-69H,4-26H2,1-3H3,(H,56,71)(H,57,72)(H,58,67)(H,59,70)(H,60,73)(H,77,78)(H,79,80)(H4,53,54,55)/t28-,29?,30+,31+,32+,33+,34?,36+,37?,38+,39+,40?,41?/m1/s1. The van der Waals surface area contributed by atoms with Crippen molar-refractivity contribution in [3.63, 3.8) is 0 Å². The molecule has 4 aliphatic rings. The molecule has 30 nitrogen and oxygen atoms in total. The Morgan fingerprint density at radius 1 is 0.610 bits per heavy atom. The molecule has 0 aromatic carbocycles. The number of rotatable bonds is 21. The number of aliphatic imine (C=N–C) groups is 1. The topological polar surface area (TPSA) is 473 Å². The van der Waals surface area contributed by atoms with Gasteiger partial charge in [-0.25, -0.2) is 14.4 Å². The molecule has 4 rings (SSSR count). The monoisotopic (exact) mass is 1170 g/mol. The lowest BCUT2D eigenvalue weighted by Gasteiger charge is -2.34. The third kappa shape index (κ3) is 19.4. The summed E-state index contributed by atoms with van der Waals surface area (Å²) >= 11 is 0. The third-order valence-electron chi connectivity index (χ3n) is 15.0. The lowest BCUT2D eigenvalue weighted by atomic mass is 10.0. The first-order chi connectivity index (χ1) is 38.8. The maximum atomic E-state index is 14.5. The highest BCUT2D eigenvalue weighted by molar-refractivity contribution is 6.00. The van der Waals surface area contributed by atoms with Crippen LogP contribution in [0.25, 0.3) is 0 Å². The molecule has 0 spiro atoms. The van der Waals surface area contributed by atoms with Crippen molar-refractivity contribution in [2.24, 2.45) is 22.4 Å². The zero-order valence-corrected chi connectivity index (χ0v) is 46.8. The van der Waals surface area contributed by atoms with Gasteiger partial charge in [0.15, 0.2) is 24.2 Å². The number of aliphatic carboxylic acids is 2. The molecule has 13 atom stereocenters. The molecule has 0 aliphatic carbocycles. The fourth-order valence-electron chi connectivity index (χ4n) is 10.6. The first-order valence-electron chi connectivity index (χ1n) is 28.3. The second kappa shape index (κ2) is 32.8. The Kier molecular flexibility index (Phi) is 27.1. The molecule has 5 unspecified atom stereocenters. The number of carbonyl (C=O) groups is 11. The number of unbranched alkanes of at least 4 members (excludes halogenated alkanes) is 7. The first kappa shape index (κ1) is 67.7. The van der Waals surface area contributed by atoms with E-state index >= 15 is 0 Å². The zero-order valence-electron chi connectivity index (χ0n) is 46.8. The second-order valence-corrected chi connectivity index (χ2v) is 21.9. The van der Waals surface area contributed by atoms with Gasteiger partial charge in [0.1, 0.15) is 48.4 Å². The molecule has 462 valence electrons. The van der Waals surface area contributed by atoms with E-state index in [1.54, 1.807) is 0 Å². The summed E-state index contributed by atoms with van der Waals surface area (Å²) < 4.78 is 5.67. The van der Waals surface area contributed by atoms with E-state index in [4.69, 9.17) is 16.2 Å². The summed E-state index contributed by atoms with van der Waals surface area (Å²) in [7, 11) is 0. The second-order valence-electron chi connectivity index (χ2n) is 21.9. The Hall–Kier alpha value is -6.76. The fourth-order valence-corrected chi connectivity index (χ4v) is 10.6. The van der Waals surface area contributed by atoms with Gasteiger partial charge < -0.3 is 93.2 Å². The number of nitrogens with two attached hydrogens (primary N) is 2. The molecule has 0 radical (unpaired) electrons. The number of amides is 8. The maximum absolute atomic E-state index is 14.5. The van der Waals surface area contributed by atoms with Crippen molar-refractivity contribution in [3.05, 3.63) is 0 Å². The summed E-state index contributed by atoms with van der Waals surface area (Å²) in [5.41, 5.74) is 10.9. The Morgan fingerprint density at radius 3 is 1.76 bits per heavy atom. The number of fused-ring (bicyclic) bond motifs is 3. The van der Waals surface area contributed by atoms with Crippen molar-refractivity contribution in [3.8, 4) is 0 Å². The highest BCUT2D eigenvalue weighted by Gasteiger charge is 2.48. The van der Waals surface area contributed by atoms with E-state index in [0.717, 1.165) is 49.8 Å². The van der Waals surface area contributed by atoms with Gasteiger partial charge in [0.25, 0.3) is 0 Å². The van der Waals surface area contributed by atoms with Crippen LogP contribution in [0.5, 0.6) is 0 Å². The summed E-state index contributed by atoms with van der Waals surface area (Å²) in [6.07, 6.45) is -3.13. The first-order valence-corrected chi connectivity index (χ1v) is 28.3. The molecule has 0 aromatic rings. The SMILES string of the molecule is CC(C)CCCCCCCCCCC1CC(=O)N[C@@H]([C@@H](C)O)C(=O)N2CCC[C@H]2C(=O)N2CCC[C@H]2C(=O)N[C@@H](CCCN=C(N)N)C(=O)NC(C(O)C(=O)O)C(=O)N[C@@H](CO)C(=O)N2CCC(O)[C@H]2C(=O)N[C@@H](C(O)C(=O)O)C(=O)O1. The van der Waals surface area contributed by atoms with Crippen LogP contribution in [0.15, 0.2) is 4.99 Å². The number of nitrogens with one attached hydrogen (secondary N) is 5. The van der Waals surface area contributed by atoms with Gasteiger partial charge in [-0.05, 0) is 70.6 Å². The molecule has 4 aliphatic heterocycles. The summed E-state index contributed by atoms with van der Waals surface area (Å²) in [6.45, 7) is 3.64. The van der Waals surface area contributed by atoms with Crippen molar-refractivity contribution in [1.29, 1.82) is 0 Å². The minimum Gasteiger partial charge on any atom is -0.479 e. The molecule has 4 heterocycles. The van der Waals surface area contributed by atoms with E-state index in [2.05, 4.69) is 34.8 Å². The van der Waals surface area contributed by atoms with Gasteiger partial charge in [-0.3, -0.25) is 43.3 Å². The van der Waals surface area contributed by atoms with E-state index in [-0.39, 0.29) is 77.0 Å². The zero-order chi connectivity index (χ0) is 61.0. The van der Waals surface area contributed by atoms with E-state index in [1.165, 1.54) is 11.8 Å². The molecule has 0 aromatic heterocycles. The minimum absolute atomic E-state index is 0.00881. The van der Waals surface area contributed by atoms with Gasteiger partial charge in [-0.1, -0.05) is 65.2 Å². The molecule has 4 fully saturated rings. The number of carboxylic acid groups (broad SMARTS) is 2. The number of hydrogen-bond donors (Lipinski definition) is 14. The Morgan fingerprint density at radius 2 is 1.17 bits per heavy atom. The number of esters is 1. The number of ether oxygens (including phenoxy) is 1. The number of carbonyl (C=O) groups excluding carboxylic acids is 9. The van der Waals surface area contributed by atoms with Crippen molar-refractivity contribution in [2.45, 2.75) is 215 Å². The predicted molar refractivity (Wildman–Crippen MR) is 287 cm³/mol. The molecular weight excluding hydrogens is 1080 g/mol. The minimum atomic E-state index is -2.76. The lowest BCUT2D eigenvalue weighted by Crippen LogP contribution is -2.64. The molecule has 0 saturated carbocycles. The van der Waals surface area contributed by atoms with Crippen molar-refractivity contribution in [1.82, 2.24) is 41.3 Å². The molecule has 16 N–H and O–H groups in total. The quantitative estimate of drug-likeness (QED) is 0.0223. The average Bonchev–Trinajstić information content (AvgIpc) is 4.40. The van der Waals surface area contributed by atoms with Crippen molar-refractivity contribution >= 4 is 71.1 Å². The van der Waals surface area contributed by atoms with E-state index in [0.29, 0.717) is 23.7 Å². The van der Waals surface area contributed by atoms with Gasteiger partial charge in [-0.15, -0.1) is 0 Å². The summed E-state index contributed by atoms with van der Waals surface area (Å²) in [5.74, 6) is -14.5. The van der Waals surface area contributed by atoms with Crippen LogP contribution in [-0.4, -0.2) is 233 Å². The number of nitrogens with zero attached hydrogens (tertiary/aromatic N) is 4. The molecule has 4 saturated heterocycles. The largest absolute Gasteiger partial charge is 0.479 e. The van der Waals surface area contributed by atoms with E-state index in [9.17, 15) is 88.5 Å². The average molecular weight is 1170 g/mol. The van der Waals surface area contributed by atoms with Crippen LogP contribution in [-0.2, 0) is 57.5 Å². The van der Waals surface area contributed by atoms with E-state index < -0.39 is 164 Å². The van der Waals surface area contributed by atoms with Crippen LogP contribution >= 0.6 is 0 Å². The number of guanidine groups is 1. The fraction of sp³-hybridized carbons (Fsp3) is 0.769. The van der Waals surface area contributed by atoms with E-state index in [1.807, 2.05) is 10.6 Å². The highest BCUT2D eigenvalue weighted by Crippen LogP contribution is 2.27. The van der Waals surface area contributed by atoms with Gasteiger partial charge in [0, 0.05) is 26.2 Å². The molecule has 30 heteroatoms. The number of aliphatic hydroxyl groups excluding tert-OH is 5. The Balaban J connectivity index is 1.76. The molecule has 8 amide bonds. The Bertz CT molecular complexity index is 2290. The number of hydrogen-bond acceptors (Lipinski definition) is 18. The number of cyclic esters (lactones) is 1. The molecule has 0 bridgehead atoms. The van der Waals surface area contributed by atoms with Gasteiger partial charge in [0.2, 0.25) is 47.3 Å². The molecule has 82 heavy (non-hydrogen) atoms. The maximum Gasteiger partial charge on any atom is 0.335 e. The van der Waals surface area contributed by atoms with Crippen molar-refractivity contribution in [2.75, 3.05) is 32.8 Å². The van der Waals surface area contributed by atoms with Crippen LogP contribution in [0, 0.1) is 5.92 Å². The van der Waals surface area contributed by atoms with Gasteiger partial charge in [0.05, 0.1) is 25.2 Å². The third-order valence-corrected chi connectivity index (χ3v) is 15.0. The summed E-state index contributed by atoms with van der Waals surface area (Å²) in [5, 5.41) is 84.9. The van der Waals surface area contributed by atoms with Crippen LogP contribution < -0.4 is 38.1 Å². The van der Waals surface area contributed by atoms with Gasteiger partial charge >= 0.3 is 17.9 Å². The Labute approximate surface area is 474 Å². The van der Waals surface area contributed by atoms with Gasteiger partial charge in [-0.2, -0.15) is 0 Å². The summed E-state index contributed by atoms with van der Waals surface area (Å²) in [6, 6.07) is -14.9. The van der Waals surface area contributed by atoms with Crippen LogP contribution in [0.3, 0.4) is 0 Å². The van der Waals surface area contributed by atoms with Crippen LogP contribution in [0.2, 0.25) is 0 Å². The smallest absolute Gasteiger partial charge is 0.335 e. The number of carboxylic acids is 2. The van der Waals surface area contributed by atoms with Crippen molar-refractivity contribution < 1.29 is 93.2 Å². The lowest BCUT2D eigenvalue weighted by molar-refractivity contribution is -0.165. The highest BCUT2D eigenvalue weighted by atomic mass is 16.5. The summed E-state index contributed by atoms with van der Waals surface area (Å²) in [4.78, 5) is 159. The van der Waals surface area contributed by atoms with Crippen LogP contribution in [0.1, 0.15) is 136 Å².